The third-order valence-corrected chi connectivity index (χ3v) is 2.73. The Bertz CT molecular complexity index is 318. The van der Waals surface area contributed by atoms with Crippen molar-refractivity contribution in [3.63, 3.8) is 0 Å². The normalized spacial score (nSPS) is 20.6. The van der Waals surface area contributed by atoms with Crippen molar-refractivity contribution in [2.45, 2.75) is 38.3 Å². The standard InChI is InChI=1S/C11H17N3O2/c15-11(5-10-3-1-2-4-16-10)12-6-9-7-13-14-8-9/h7-8,10H,1-6H2,(H,12,15)(H,13,14). The van der Waals surface area contributed by atoms with E-state index in [1.165, 1.54) is 6.42 Å². The minimum atomic E-state index is 0.0492. The van der Waals surface area contributed by atoms with E-state index in [1.54, 1.807) is 12.4 Å². The zero-order chi connectivity index (χ0) is 11.2. The van der Waals surface area contributed by atoms with Gasteiger partial charge >= 0.3 is 0 Å². The molecule has 1 fully saturated rings. The lowest BCUT2D eigenvalue weighted by Crippen LogP contribution is -2.30. The van der Waals surface area contributed by atoms with Gasteiger partial charge in [0.1, 0.15) is 0 Å². The van der Waals surface area contributed by atoms with E-state index in [0.29, 0.717) is 13.0 Å². The van der Waals surface area contributed by atoms with Gasteiger partial charge < -0.3 is 10.1 Å². The molecule has 2 N–H and O–H groups in total. The fraction of sp³-hybridized carbons (Fsp3) is 0.636. The van der Waals surface area contributed by atoms with Crippen LogP contribution in [0.5, 0.6) is 0 Å². The van der Waals surface area contributed by atoms with Crippen LogP contribution in [-0.4, -0.2) is 28.8 Å². The van der Waals surface area contributed by atoms with Crippen LogP contribution in [0.25, 0.3) is 0 Å². The fourth-order valence-electron chi connectivity index (χ4n) is 1.82. The quantitative estimate of drug-likeness (QED) is 0.799. The number of carbonyl (C=O) groups is 1. The first-order valence-electron chi connectivity index (χ1n) is 5.70. The van der Waals surface area contributed by atoms with Crippen LogP contribution < -0.4 is 5.32 Å². The zero-order valence-electron chi connectivity index (χ0n) is 9.24. The number of H-pyrrole nitrogens is 1. The molecule has 16 heavy (non-hydrogen) atoms. The van der Waals surface area contributed by atoms with Crippen LogP contribution in [-0.2, 0) is 16.1 Å². The molecule has 1 aromatic rings. The van der Waals surface area contributed by atoms with Crippen molar-refractivity contribution in [2.75, 3.05) is 6.61 Å². The zero-order valence-corrected chi connectivity index (χ0v) is 9.24. The highest BCUT2D eigenvalue weighted by molar-refractivity contribution is 5.76. The molecule has 0 spiro atoms. The number of aromatic amines is 1. The summed E-state index contributed by atoms with van der Waals surface area (Å²) in [6.45, 7) is 1.32. The molecule has 0 aliphatic carbocycles. The minimum absolute atomic E-state index is 0.0492. The molecule has 1 aromatic heterocycles. The minimum Gasteiger partial charge on any atom is -0.378 e. The van der Waals surface area contributed by atoms with Crippen molar-refractivity contribution in [2.24, 2.45) is 0 Å². The molecule has 2 heterocycles. The summed E-state index contributed by atoms with van der Waals surface area (Å²) < 4.78 is 5.51. The van der Waals surface area contributed by atoms with Gasteiger partial charge in [0, 0.05) is 24.9 Å². The third kappa shape index (κ3) is 3.34. The predicted molar refractivity (Wildman–Crippen MR) is 58.6 cm³/mol. The molecule has 1 saturated heterocycles. The Morgan fingerprint density at radius 1 is 1.62 bits per heavy atom. The Labute approximate surface area is 94.6 Å². The number of nitrogens with one attached hydrogen (secondary N) is 2. The van der Waals surface area contributed by atoms with Gasteiger partial charge in [-0.1, -0.05) is 0 Å². The van der Waals surface area contributed by atoms with Crippen LogP contribution in [0.3, 0.4) is 0 Å². The third-order valence-electron chi connectivity index (χ3n) is 2.73. The van der Waals surface area contributed by atoms with E-state index in [1.807, 2.05) is 0 Å². The summed E-state index contributed by atoms with van der Waals surface area (Å²) >= 11 is 0. The summed E-state index contributed by atoms with van der Waals surface area (Å²) in [6.07, 6.45) is 7.34. The van der Waals surface area contributed by atoms with Crippen molar-refractivity contribution in [3.05, 3.63) is 18.0 Å². The highest BCUT2D eigenvalue weighted by atomic mass is 16.5. The van der Waals surface area contributed by atoms with Crippen LogP contribution in [0, 0.1) is 0 Å². The molecule has 1 atom stereocenters. The molecule has 0 aromatic carbocycles. The van der Waals surface area contributed by atoms with E-state index in [-0.39, 0.29) is 12.0 Å². The SMILES string of the molecule is O=C(CC1CCCCO1)NCc1cn[nH]c1. The van der Waals surface area contributed by atoms with Gasteiger partial charge in [0.05, 0.1) is 18.7 Å². The Hall–Kier alpha value is -1.36. The van der Waals surface area contributed by atoms with Gasteiger partial charge in [0.2, 0.25) is 5.91 Å². The lowest BCUT2D eigenvalue weighted by molar-refractivity contribution is -0.125. The Morgan fingerprint density at radius 3 is 3.25 bits per heavy atom. The molecule has 88 valence electrons. The molecular weight excluding hydrogens is 206 g/mol. The van der Waals surface area contributed by atoms with Gasteiger partial charge in [-0.2, -0.15) is 5.10 Å². The molecule has 0 saturated carbocycles. The first-order chi connectivity index (χ1) is 7.84. The monoisotopic (exact) mass is 223 g/mol. The van der Waals surface area contributed by atoms with Gasteiger partial charge in [-0.25, -0.2) is 0 Å². The Morgan fingerprint density at radius 2 is 2.56 bits per heavy atom. The molecule has 1 aliphatic heterocycles. The van der Waals surface area contributed by atoms with E-state index < -0.39 is 0 Å². The van der Waals surface area contributed by atoms with Crippen molar-refractivity contribution in [1.29, 1.82) is 0 Å². The highest BCUT2D eigenvalue weighted by Crippen LogP contribution is 2.15. The first kappa shape index (κ1) is 11.1. The number of rotatable bonds is 4. The number of hydrogen-bond acceptors (Lipinski definition) is 3. The molecule has 0 radical (unpaired) electrons. The van der Waals surface area contributed by atoms with Gasteiger partial charge in [0.15, 0.2) is 0 Å². The summed E-state index contributed by atoms with van der Waals surface area (Å²) in [6, 6.07) is 0. The van der Waals surface area contributed by atoms with Gasteiger partial charge in [-0.3, -0.25) is 9.89 Å². The van der Waals surface area contributed by atoms with Crippen molar-refractivity contribution >= 4 is 5.91 Å². The summed E-state index contributed by atoms with van der Waals surface area (Å²) in [5, 5.41) is 9.38. The van der Waals surface area contributed by atoms with Gasteiger partial charge in [-0.05, 0) is 19.3 Å². The van der Waals surface area contributed by atoms with Crippen molar-refractivity contribution in [3.8, 4) is 0 Å². The summed E-state index contributed by atoms with van der Waals surface area (Å²) in [5.74, 6) is 0.0492. The fourth-order valence-corrected chi connectivity index (χ4v) is 1.82. The second kappa shape index (κ2) is 5.65. The highest BCUT2D eigenvalue weighted by Gasteiger charge is 2.17. The second-order valence-corrected chi connectivity index (χ2v) is 4.08. The molecule has 1 unspecified atom stereocenters. The lowest BCUT2D eigenvalue weighted by atomic mass is 10.1. The molecular formula is C11H17N3O2. The smallest absolute Gasteiger partial charge is 0.222 e. The maximum Gasteiger partial charge on any atom is 0.222 e. The van der Waals surface area contributed by atoms with Gasteiger partial charge in [-0.15, -0.1) is 0 Å². The van der Waals surface area contributed by atoms with Crippen LogP contribution in [0.4, 0.5) is 0 Å². The number of ether oxygens (including phenoxy) is 1. The lowest BCUT2D eigenvalue weighted by Gasteiger charge is -2.21. The average molecular weight is 223 g/mol. The number of carbonyl (C=O) groups excluding carboxylic acids is 1. The number of hydrogen-bond donors (Lipinski definition) is 2. The van der Waals surface area contributed by atoms with Crippen molar-refractivity contribution < 1.29 is 9.53 Å². The van der Waals surface area contributed by atoms with E-state index in [0.717, 1.165) is 25.0 Å². The van der Waals surface area contributed by atoms with Crippen LogP contribution in [0.2, 0.25) is 0 Å². The second-order valence-electron chi connectivity index (χ2n) is 4.08. The Kier molecular flexibility index (Phi) is 3.93. The average Bonchev–Trinajstić information content (AvgIpc) is 2.81. The predicted octanol–water partition coefficient (Wildman–Crippen LogP) is 0.985. The number of nitrogens with zero attached hydrogens (tertiary/aromatic N) is 1. The Balaban J connectivity index is 1.67. The molecule has 5 heteroatoms. The summed E-state index contributed by atoms with van der Waals surface area (Å²) in [7, 11) is 0. The maximum atomic E-state index is 11.6. The van der Waals surface area contributed by atoms with Gasteiger partial charge in [0.25, 0.3) is 0 Å². The first-order valence-corrected chi connectivity index (χ1v) is 5.70. The number of amides is 1. The van der Waals surface area contributed by atoms with Crippen LogP contribution in [0.15, 0.2) is 12.4 Å². The van der Waals surface area contributed by atoms with E-state index in [4.69, 9.17) is 4.74 Å². The van der Waals surface area contributed by atoms with Crippen LogP contribution >= 0.6 is 0 Å². The van der Waals surface area contributed by atoms with E-state index in [9.17, 15) is 4.79 Å². The molecule has 1 amide bonds. The van der Waals surface area contributed by atoms with Crippen LogP contribution in [0.1, 0.15) is 31.2 Å². The largest absolute Gasteiger partial charge is 0.378 e. The topological polar surface area (TPSA) is 67.0 Å². The summed E-state index contributed by atoms with van der Waals surface area (Å²) in [5.41, 5.74) is 0.984. The summed E-state index contributed by atoms with van der Waals surface area (Å²) in [4.78, 5) is 11.6. The molecule has 2 rings (SSSR count). The van der Waals surface area contributed by atoms with E-state index >= 15 is 0 Å². The van der Waals surface area contributed by atoms with E-state index in [2.05, 4.69) is 15.5 Å². The maximum absolute atomic E-state index is 11.6. The molecule has 0 bridgehead atoms. The molecule has 5 nitrogen and oxygen atoms in total. The van der Waals surface area contributed by atoms with Crippen molar-refractivity contribution in [1.82, 2.24) is 15.5 Å². The number of aromatic nitrogens is 2. The molecule has 1 aliphatic rings.